The number of piperidine rings is 1. The van der Waals surface area contributed by atoms with Gasteiger partial charge in [-0.05, 0) is 60.6 Å². The van der Waals surface area contributed by atoms with E-state index in [1.54, 1.807) is 6.07 Å². The molecule has 0 atom stereocenters. The molecule has 0 bridgehead atoms. The molecular weight excluding hydrogens is 400 g/mol. The number of sulfonamides is 1. The number of hydrogen-bond donors (Lipinski definition) is 1. The second kappa shape index (κ2) is 10.2. The molecule has 0 unspecified atom stereocenters. The number of azide groups is 1. The van der Waals surface area contributed by atoms with Crippen LogP contribution >= 0.6 is 0 Å². The molecule has 1 fully saturated rings. The average molecular weight is 425 g/mol. The van der Waals surface area contributed by atoms with E-state index in [1.807, 2.05) is 30.3 Å². The van der Waals surface area contributed by atoms with Crippen molar-refractivity contribution in [1.82, 2.24) is 9.62 Å². The maximum atomic E-state index is 12.7. The lowest BCUT2D eigenvalue weighted by Crippen LogP contribution is -2.40. The maximum Gasteiger partial charge on any atom is 0.240 e. The van der Waals surface area contributed by atoms with Crippen LogP contribution in [0.4, 0.5) is 0 Å². The third kappa shape index (κ3) is 5.59. The lowest BCUT2D eigenvalue weighted by molar-refractivity contribution is 0.190. The highest BCUT2D eigenvalue weighted by Gasteiger charge is 2.20. The number of hydrogen-bond acceptors (Lipinski definition) is 5. The van der Waals surface area contributed by atoms with Gasteiger partial charge in [0.15, 0.2) is 0 Å². The van der Waals surface area contributed by atoms with Crippen LogP contribution in [0.25, 0.3) is 21.6 Å². The average Bonchev–Trinajstić information content (AvgIpc) is 2.78. The molecule has 8 nitrogen and oxygen atoms in total. The van der Waals surface area contributed by atoms with E-state index in [-0.39, 0.29) is 4.90 Å². The number of rotatable bonds is 8. The summed E-state index contributed by atoms with van der Waals surface area (Å²) in [7, 11) is -3.70. The molecule has 0 aromatic heterocycles. The van der Waals surface area contributed by atoms with Crippen molar-refractivity contribution in [3.05, 3.63) is 64.5 Å². The molecule has 2 aromatic carbocycles. The van der Waals surface area contributed by atoms with Gasteiger partial charge in [0.2, 0.25) is 10.0 Å². The summed E-state index contributed by atoms with van der Waals surface area (Å²) < 4.78 is 28.0. The fourth-order valence-corrected chi connectivity index (χ4v) is 4.67. The van der Waals surface area contributed by atoms with Crippen molar-refractivity contribution in [2.75, 3.05) is 32.7 Å². The van der Waals surface area contributed by atoms with Gasteiger partial charge in [0.1, 0.15) is 0 Å². The van der Waals surface area contributed by atoms with Crippen LogP contribution in [0, 0.1) is 17.2 Å². The smallest absolute Gasteiger partial charge is 0.240 e. The minimum Gasteiger partial charge on any atom is -0.302 e. The van der Waals surface area contributed by atoms with Gasteiger partial charge < -0.3 is 4.90 Å². The van der Waals surface area contributed by atoms with Crippen LogP contribution in [0.15, 0.2) is 58.5 Å². The first kappa shape index (κ1) is 21.8. The second-order valence-corrected chi connectivity index (χ2v) is 9.05. The molecule has 3 rings (SSSR count). The van der Waals surface area contributed by atoms with Crippen molar-refractivity contribution in [2.45, 2.75) is 17.7 Å². The molecule has 1 heterocycles. The van der Waals surface area contributed by atoms with E-state index in [2.05, 4.69) is 25.7 Å². The van der Waals surface area contributed by atoms with Crippen LogP contribution in [0.3, 0.4) is 0 Å². The summed E-state index contributed by atoms with van der Waals surface area (Å²) in [6.07, 6.45) is 1.89. The Morgan fingerprint density at radius 2 is 1.93 bits per heavy atom. The molecule has 156 valence electrons. The van der Waals surface area contributed by atoms with E-state index in [1.165, 1.54) is 12.1 Å². The highest BCUT2D eigenvalue weighted by molar-refractivity contribution is 7.89. The minimum atomic E-state index is -3.70. The molecule has 2 aromatic rings. The van der Waals surface area contributed by atoms with E-state index in [0.717, 1.165) is 31.5 Å². The van der Waals surface area contributed by atoms with Gasteiger partial charge >= 0.3 is 0 Å². The molecular formula is C21H24N6O2S. The van der Waals surface area contributed by atoms with Crippen molar-refractivity contribution in [3.8, 4) is 17.2 Å². The zero-order valence-corrected chi connectivity index (χ0v) is 17.4. The summed E-state index contributed by atoms with van der Waals surface area (Å²) in [5, 5.41) is 13.1. The van der Waals surface area contributed by atoms with E-state index < -0.39 is 10.0 Å². The zero-order valence-electron chi connectivity index (χ0n) is 16.6. The highest BCUT2D eigenvalue weighted by Crippen LogP contribution is 2.25. The van der Waals surface area contributed by atoms with Crippen LogP contribution in [0.5, 0.6) is 0 Å². The van der Waals surface area contributed by atoms with E-state index in [4.69, 9.17) is 5.53 Å². The highest BCUT2D eigenvalue weighted by atomic mass is 32.2. The van der Waals surface area contributed by atoms with Crippen molar-refractivity contribution >= 4 is 10.0 Å². The summed E-state index contributed by atoms with van der Waals surface area (Å²) in [6.45, 7) is 3.15. The van der Waals surface area contributed by atoms with Gasteiger partial charge in [-0.25, -0.2) is 13.1 Å². The molecule has 0 amide bonds. The van der Waals surface area contributed by atoms with Crippen molar-refractivity contribution in [3.63, 3.8) is 0 Å². The standard InChI is InChI=1S/C21H24N6O2S/c22-15-19-14-20(6-7-21(19)18-4-2-1-3-5-18)30(28,29)25-10-13-27-11-8-17(9-12-27)16-24-26-23/h1-7,14,17,25H,8-13,16H2. The van der Waals surface area contributed by atoms with Gasteiger partial charge in [-0.3, -0.25) is 0 Å². The zero-order chi connectivity index (χ0) is 21.4. The number of likely N-dealkylation sites (tertiary alicyclic amines) is 1. The Kier molecular flexibility index (Phi) is 7.44. The quantitative estimate of drug-likeness (QED) is 0.396. The third-order valence-electron chi connectivity index (χ3n) is 5.34. The van der Waals surface area contributed by atoms with Crippen LogP contribution in [0.2, 0.25) is 0 Å². The van der Waals surface area contributed by atoms with E-state index in [0.29, 0.717) is 36.7 Å². The Bertz CT molecular complexity index is 1050. The Morgan fingerprint density at radius 1 is 1.20 bits per heavy atom. The summed E-state index contributed by atoms with van der Waals surface area (Å²) in [6, 6.07) is 16.2. The van der Waals surface area contributed by atoms with Crippen molar-refractivity contribution < 1.29 is 8.42 Å². The maximum absolute atomic E-state index is 12.7. The van der Waals surface area contributed by atoms with Crippen LogP contribution in [-0.2, 0) is 10.0 Å². The van der Waals surface area contributed by atoms with Crippen LogP contribution in [-0.4, -0.2) is 46.0 Å². The second-order valence-electron chi connectivity index (χ2n) is 7.28. The van der Waals surface area contributed by atoms with E-state index >= 15 is 0 Å². The van der Waals surface area contributed by atoms with Crippen LogP contribution in [0.1, 0.15) is 18.4 Å². The van der Waals surface area contributed by atoms with Gasteiger partial charge in [-0.2, -0.15) is 5.26 Å². The topological polar surface area (TPSA) is 122 Å². The van der Waals surface area contributed by atoms with Gasteiger partial charge in [0, 0.05) is 24.5 Å². The normalized spacial score (nSPS) is 15.3. The van der Waals surface area contributed by atoms with Crippen LogP contribution < -0.4 is 4.72 Å². The SMILES string of the molecule is N#Cc1cc(S(=O)(=O)NCCN2CCC(CN=[N+]=[N-])CC2)ccc1-c1ccccc1. The fourth-order valence-electron chi connectivity index (χ4n) is 3.62. The monoisotopic (exact) mass is 424 g/mol. The summed E-state index contributed by atoms with van der Waals surface area (Å²) in [5.41, 5.74) is 10.3. The number of nitrogens with one attached hydrogen (secondary N) is 1. The lowest BCUT2D eigenvalue weighted by Gasteiger charge is -2.31. The molecule has 1 N–H and O–H groups in total. The van der Waals surface area contributed by atoms with Gasteiger partial charge in [0.05, 0.1) is 16.5 Å². The predicted molar refractivity (Wildman–Crippen MR) is 115 cm³/mol. The Balaban J connectivity index is 1.58. The summed E-state index contributed by atoms with van der Waals surface area (Å²) >= 11 is 0. The molecule has 0 aliphatic carbocycles. The summed E-state index contributed by atoms with van der Waals surface area (Å²) in [4.78, 5) is 5.10. The van der Waals surface area contributed by atoms with Gasteiger partial charge in [-0.1, -0.05) is 41.5 Å². The molecule has 0 radical (unpaired) electrons. The number of benzene rings is 2. The molecule has 1 aliphatic heterocycles. The fraction of sp³-hybridized carbons (Fsp3) is 0.381. The van der Waals surface area contributed by atoms with Gasteiger partial charge in [0.25, 0.3) is 0 Å². The van der Waals surface area contributed by atoms with Gasteiger partial charge in [-0.15, -0.1) is 0 Å². The number of nitrogens with zero attached hydrogens (tertiary/aromatic N) is 5. The molecule has 1 aliphatic rings. The summed E-state index contributed by atoms with van der Waals surface area (Å²) in [5.74, 6) is 0.404. The van der Waals surface area contributed by atoms with Crippen molar-refractivity contribution in [2.24, 2.45) is 11.0 Å². The molecule has 9 heteroatoms. The molecule has 0 spiro atoms. The molecule has 0 saturated carbocycles. The first-order valence-electron chi connectivity index (χ1n) is 9.86. The Labute approximate surface area is 176 Å². The third-order valence-corrected chi connectivity index (χ3v) is 6.80. The van der Waals surface area contributed by atoms with Crippen molar-refractivity contribution in [1.29, 1.82) is 5.26 Å². The minimum absolute atomic E-state index is 0.0896. The number of nitriles is 1. The van der Waals surface area contributed by atoms with E-state index in [9.17, 15) is 13.7 Å². The molecule has 30 heavy (non-hydrogen) atoms. The Morgan fingerprint density at radius 3 is 2.60 bits per heavy atom. The predicted octanol–water partition coefficient (Wildman–Crippen LogP) is 3.53. The lowest BCUT2D eigenvalue weighted by atomic mass is 9.97. The Hall–Kier alpha value is -2.89. The first-order chi connectivity index (χ1) is 14.5. The largest absolute Gasteiger partial charge is 0.302 e. The molecule has 1 saturated heterocycles. The first-order valence-corrected chi connectivity index (χ1v) is 11.3.